The van der Waals surface area contributed by atoms with E-state index >= 15 is 0 Å². The number of carbonyl (C=O) groups excluding carboxylic acids is 1. The molecule has 0 saturated heterocycles. The van der Waals surface area contributed by atoms with E-state index in [0.29, 0.717) is 29.8 Å². The summed E-state index contributed by atoms with van der Waals surface area (Å²) in [5.74, 6) is 0. The van der Waals surface area contributed by atoms with Gasteiger partial charge >= 0.3 is 6.09 Å². The molecule has 0 aromatic carbocycles. The fourth-order valence-corrected chi connectivity index (χ4v) is 9.70. The van der Waals surface area contributed by atoms with Crippen molar-refractivity contribution in [2.24, 2.45) is 0 Å². The first-order chi connectivity index (χ1) is 11.8. The van der Waals surface area contributed by atoms with Crippen molar-refractivity contribution < 1.29 is 19.1 Å². The molecule has 1 amide bonds. The smallest absolute Gasteiger partial charge is 0.411 e. The molecule has 5 nitrogen and oxygen atoms in total. The average molecular weight is 386 g/mol. The standard InChI is InChI=1S/C20H39NO4Si/c1-14(2)26(15(3)4,16(5)6)24-13-18-10-17(12-22)11-21(18)19(23)25-20(7,8)9/h10,14-16,18,22H,11-13H2,1-9H3/t18-/m0/s1. The van der Waals surface area contributed by atoms with E-state index in [4.69, 9.17) is 9.16 Å². The maximum atomic E-state index is 12.6. The van der Waals surface area contributed by atoms with Crippen LogP contribution in [0.3, 0.4) is 0 Å². The summed E-state index contributed by atoms with van der Waals surface area (Å²) in [5.41, 5.74) is 1.76. The van der Waals surface area contributed by atoms with Crippen LogP contribution in [0.1, 0.15) is 62.3 Å². The molecule has 1 atom stereocenters. The van der Waals surface area contributed by atoms with Crippen LogP contribution in [-0.2, 0) is 9.16 Å². The second-order valence-corrected chi connectivity index (χ2v) is 14.7. The third kappa shape index (κ3) is 5.33. The molecule has 1 aliphatic rings. The van der Waals surface area contributed by atoms with Crippen molar-refractivity contribution in [2.75, 3.05) is 19.8 Å². The number of amides is 1. The number of rotatable bonds is 7. The number of hydrogen-bond acceptors (Lipinski definition) is 4. The van der Waals surface area contributed by atoms with Gasteiger partial charge in [0.15, 0.2) is 8.32 Å². The van der Waals surface area contributed by atoms with Gasteiger partial charge in [0.1, 0.15) is 5.60 Å². The van der Waals surface area contributed by atoms with Gasteiger partial charge in [-0.2, -0.15) is 0 Å². The first-order valence-electron chi connectivity index (χ1n) is 9.79. The van der Waals surface area contributed by atoms with E-state index < -0.39 is 13.9 Å². The van der Waals surface area contributed by atoms with Crippen LogP contribution < -0.4 is 0 Å². The van der Waals surface area contributed by atoms with Crippen LogP contribution in [0, 0.1) is 0 Å². The molecule has 152 valence electrons. The highest BCUT2D eigenvalue weighted by Gasteiger charge is 2.46. The Labute approximate surface area is 160 Å². The minimum absolute atomic E-state index is 0.0447. The molecule has 0 aliphatic carbocycles. The topological polar surface area (TPSA) is 59.0 Å². The Kier molecular flexibility index (Phi) is 7.93. The van der Waals surface area contributed by atoms with Crippen molar-refractivity contribution in [3.8, 4) is 0 Å². The van der Waals surface area contributed by atoms with E-state index in [0.717, 1.165) is 5.57 Å². The zero-order valence-electron chi connectivity index (χ0n) is 18.1. The molecule has 0 spiro atoms. The van der Waals surface area contributed by atoms with E-state index in [1.54, 1.807) is 4.90 Å². The molecule has 1 rings (SSSR count). The molecule has 0 aromatic heterocycles. The van der Waals surface area contributed by atoms with Gasteiger partial charge in [0, 0.05) is 6.54 Å². The maximum Gasteiger partial charge on any atom is 0.411 e. The Morgan fingerprint density at radius 2 is 1.69 bits per heavy atom. The Hall–Kier alpha value is -0.853. The monoisotopic (exact) mass is 385 g/mol. The summed E-state index contributed by atoms with van der Waals surface area (Å²) in [4.78, 5) is 14.3. The molecular weight excluding hydrogens is 346 g/mol. The molecule has 0 radical (unpaired) electrons. The van der Waals surface area contributed by atoms with Gasteiger partial charge in [-0.25, -0.2) is 4.79 Å². The molecule has 0 saturated carbocycles. The van der Waals surface area contributed by atoms with Crippen LogP contribution in [0.25, 0.3) is 0 Å². The quantitative estimate of drug-likeness (QED) is 0.509. The molecular formula is C20H39NO4Si. The fourth-order valence-electron chi connectivity index (χ4n) is 4.24. The number of carbonyl (C=O) groups is 1. The van der Waals surface area contributed by atoms with Crippen molar-refractivity contribution in [3.63, 3.8) is 0 Å². The number of nitrogens with zero attached hydrogens (tertiary/aromatic N) is 1. The van der Waals surface area contributed by atoms with Crippen LogP contribution in [0.15, 0.2) is 11.6 Å². The summed E-state index contributed by atoms with van der Waals surface area (Å²) in [7, 11) is -2.01. The largest absolute Gasteiger partial charge is 0.444 e. The first-order valence-corrected chi connectivity index (χ1v) is 11.9. The van der Waals surface area contributed by atoms with E-state index in [1.165, 1.54) is 0 Å². The Bertz CT molecular complexity index is 487. The molecule has 0 aromatic rings. The summed E-state index contributed by atoms with van der Waals surface area (Å²) in [6, 6.07) is -0.185. The summed E-state index contributed by atoms with van der Waals surface area (Å²) >= 11 is 0. The highest BCUT2D eigenvalue weighted by Crippen LogP contribution is 2.42. The number of ether oxygens (including phenoxy) is 1. The van der Waals surface area contributed by atoms with Gasteiger partial charge in [-0.15, -0.1) is 0 Å². The van der Waals surface area contributed by atoms with Crippen LogP contribution in [-0.4, -0.2) is 55.8 Å². The third-order valence-electron chi connectivity index (χ3n) is 5.24. The van der Waals surface area contributed by atoms with E-state index in [2.05, 4.69) is 41.5 Å². The van der Waals surface area contributed by atoms with Gasteiger partial charge in [0.2, 0.25) is 0 Å². The number of aliphatic hydroxyl groups is 1. The van der Waals surface area contributed by atoms with Gasteiger partial charge < -0.3 is 14.3 Å². The van der Waals surface area contributed by atoms with Crippen molar-refractivity contribution in [3.05, 3.63) is 11.6 Å². The lowest BCUT2D eigenvalue weighted by Crippen LogP contribution is -2.51. The predicted octanol–water partition coefficient (Wildman–Crippen LogP) is 4.72. The molecule has 1 N–H and O–H groups in total. The summed E-state index contributed by atoms with van der Waals surface area (Å²) < 4.78 is 12.2. The molecule has 1 aliphatic heterocycles. The second-order valence-electron chi connectivity index (χ2n) is 9.29. The van der Waals surface area contributed by atoms with Crippen molar-refractivity contribution in [1.82, 2.24) is 4.90 Å². The predicted molar refractivity (Wildman–Crippen MR) is 109 cm³/mol. The maximum absolute atomic E-state index is 12.6. The van der Waals surface area contributed by atoms with Crippen LogP contribution in [0.2, 0.25) is 16.6 Å². The Balaban J connectivity index is 2.98. The van der Waals surface area contributed by atoms with Gasteiger partial charge in [-0.1, -0.05) is 47.6 Å². The molecule has 0 bridgehead atoms. The van der Waals surface area contributed by atoms with Crippen LogP contribution >= 0.6 is 0 Å². The van der Waals surface area contributed by atoms with Crippen LogP contribution in [0.4, 0.5) is 4.79 Å². The minimum Gasteiger partial charge on any atom is -0.444 e. The first kappa shape index (κ1) is 23.2. The lowest BCUT2D eigenvalue weighted by Gasteiger charge is -2.43. The van der Waals surface area contributed by atoms with E-state index in [9.17, 15) is 9.90 Å². The molecule has 0 unspecified atom stereocenters. The summed E-state index contributed by atoms with van der Waals surface area (Å²) in [5, 5.41) is 9.53. The third-order valence-corrected chi connectivity index (χ3v) is 11.3. The van der Waals surface area contributed by atoms with E-state index in [1.807, 2.05) is 26.8 Å². The number of hydrogen-bond donors (Lipinski definition) is 1. The highest BCUT2D eigenvalue weighted by molar-refractivity contribution is 6.77. The number of aliphatic hydroxyl groups excluding tert-OH is 1. The lowest BCUT2D eigenvalue weighted by atomic mass is 10.2. The minimum atomic E-state index is -2.01. The van der Waals surface area contributed by atoms with Crippen molar-refractivity contribution in [2.45, 2.75) is 90.6 Å². The SMILES string of the molecule is CC(C)[Si](OC[C@@H]1C=C(CO)CN1C(=O)OC(C)(C)C)(C(C)C)C(C)C. The molecule has 6 heteroatoms. The summed E-state index contributed by atoms with van der Waals surface area (Å²) in [6.07, 6.45) is 1.61. The molecule has 26 heavy (non-hydrogen) atoms. The fraction of sp³-hybridized carbons (Fsp3) is 0.850. The highest BCUT2D eigenvalue weighted by atomic mass is 28.4. The van der Waals surface area contributed by atoms with Gasteiger partial charge in [-0.3, -0.25) is 4.90 Å². The zero-order valence-corrected chi connectivity index (χ0v) is 19.1. The molecule has 1 heterocycles. The summed E-state index contributed by atoms with van der Waals surface area (Å²) in [6.45, 7) is 19.9. The van der Waals surface area contributed by atoms with Gasteiger partial charge in [0.25, 0.3) is 0 Å². The molecule has 0 fully saturated rings. The zero-order chi connectivity index (χ0) is 20.3. The van der Waals surface area contributed by atoms with Crippen LogP contribution in [0.5, 0.6) is 0 Å². The average Bonchev–Trinajstić information content (AvgIpc) is 2.88. The van der Waals surface area contributed by atoms with Crippen molar-refractivity contribution in [1.29, 1.82) is 0 Å². The Morgan fingerprint density at radius 1 is 1.19 bits per heavy atom. The van der Waals surface area contributed by atoms with E-state index in [-0.39, 0.29) is 18.7 Å². The van der Waals surface area contributed by atoms with Gasteiger partial charge in [0.05, 0.1) is 19.3 Å². The Morgan fingerprint density at radius 3 is 2.08 bits per heavy atom. The normalized spacial score (nSPS) is 18.9. The lowest BCUT2D eigenvalue weighted by molar-refractivity contribution is 0.0197. The van der Waals surface area contributed by atoms with Gasteiger partial charge in [-0.05, 0) is 43.0 Å². The second kappa shape index (κ2) is 8.89. The van der Waals surface area contributed by atoms with Crippen molar-refractivity contribution >= 4 is 14.4 Å².